The van der Waals surface area contributed by atoms with Crippen LogP contribution in [0.15, 0.2) is 0 Å². The third-order valence-corrected chi connectivity index (χ3v) is 4.11. The van der Waals surface area contributed by atoms with Crippen LogP contribution >= 0.6 is 11.3 Å². The quantitative estimate of drug-likeness (QED) is 0.849. The number of hydrogen-bond donors (Lipinski definition) is 2. The third-order valence-electron chi connectivity index (χ3n) is 3.01. The number of thiazole rings is 1. The van der Waals surface area contributed by atoms with Gasteiger partial charge < -0.3 is 10.4 Å². The number of carbonyl (C=O) groups is 1. The molecule has 1 aliphatic rings. The summed E-state index contributed by atoms with van der Waals surface area (Å²) in [4.78, 5) is 15.4. The summed E-state index contributed by atoms with van der Waals surface area (Å²) < 4.78 is 0. The van der Waals surface area contributed by atoms with Gasteiger partial charge in [0.05, 0.1) is 5.69 Å². The molecule has 1 aromatic heterocycles. The molecule has 0 atom stereocenters. The van der Waals surface area contributed by atoms with E-state index in [1.807, 2.05) is 0 Å². The summed E-state index contributed by atoms with van der Waals surface area (Å²) in [6.45, 7) is 2.66. The van der Waals surface area contributed by atoms with Crippen molar-refractivity contribution in [1.82, 2.24) is 4.98 Å². The van der Waals surface area contributed by atoms with Crippen molar-refractivity contribution in [3.05, 3.63) is 10.6 Å². The van der Waals surface area contributed by atoms with Crippen molar-refractivity contribution >= 4 is 22.4 Å². The van der Waals surface area contributed by atoms with Gasteiger partial charge in [0.1, 0.15) is 4.88 Å². The molecule has 0 unspecified atom stereocenters. The first kappa shape index (κ1) is 11.4. The Labute approximate surface area is 98.7 Å². The van der Waals surface area contributed by atoms with Crippen LogP contribution in [0.2, 0.25) is 0 Å². The average molecular weight is 240 g/mol. The van der Waals surface area contributed by atoms with Crippen LogP contribution in [0.4, 0.5) is 5.13 Å². The highest BCUT2D eigenvalue weighted by Crippen LogP contribution is 2.27. The van der Waals surface area contributed by atoms with E-state index in [2.05, 4.69) is 10.3 Å². The van der Waals surface area contributed by atoms with Gasteiger partial charge in [0, 0.05) is 6.54 Å². The summed E-state index contributed by atoms with van der Waals surface area (Å²) in [7, 11) is 0. The first-order valence-electron chi connectivity index (χ1n) is 5.61. The Bertz CT molecular complexity index is 383. The summed E-state index contributed by atoms with van der Waals surface area (Å²) in [6.07, 6.45) is 5.21. The number of nitrogens with zero attached hydrogens (tertiary/aromatic N) is 1. The lowest BCUT2D eigenvalue weighted by Crippen LogP contribution is -2.10. The number of aryl methyl sites for hydroxylation is 1. The first-order valence-corrected chi connectivity index (χ1v) is 6.43. The zero-order chi connectivity index (χ0) is 11.5. The van der Waals surface area contributed by atoms with Gasteiger partial charge in [-0.3, -0.25) is 0 Å². The van der Waals surface area contributed by atoms with Crippen LogP contribution in [-0.2, 0) is 0 Å². The van der Waals surface area contributed by atoms with Crippen LogP contribution in [0.1, 0.15) is 41.0 Å². The number of carboxylic acids is 1. The molecule has 0 radical (unpaired) electrons. The minimum absolute atomic E-state index is 0.342. The molecule has 5 heteroatoms. The predicted molar refractivity (Wildman–Crippen MR) is 64.3 cm³/mol. The summed E-state index contributed by atoms with van der Waals surface area (Å²) in [5.74, 6) is -0.151. The summed E-state index contributed by atoms with van der Waals surface area (Å²) in [5, 5.41) is 12.9. The molecular weight excluding hydrogens is 224 g/mol. The highest BCUT2D eigenvalue weighted by molar-refractivity contribution is 7.17. The summed E-state index contributed by atoms with van der Waals surface area (Å²) in [5.41, 5.74) is 0.603. The minimum atomic E-state index is -0.885. The van der Waals surface area contributed by atoms with Crippen molar-refractivity contribution in [3.8, 4) is 0 Å². The molecule has 0 aliphatic heterocycles. The van der Waals surface area contributed by atoms with E-state index in [0.717, 1.165) is 17.6 Å². The molecule has 0 bridgehead atoms. The molecule has 1 aromatic rings. The van der Waals surface area contributed by atoms with Crippen molar-refractivity contribution in [1.29, 1.82) is 0 Å². The molecule has 0 spiro atoms. The monoisotopic (exact) mass is 240 g/mol. The number of hydrogen-bond acceptors (Lipinski definition) is 4. The Hall–Kier alpha value is -1.10. The van der Waals surface area contributed by atoms with E-state index < -0.39 is 5.97 Å². The van der Waals surface area contributed by atoms with Gasteiger partial charge in [0.15, 0.2) is 5.13 Å². The smallest absolute Gasteiger partial charge is 0.347 e. The highest BCUT2D eigenvalue weighted by atomic mass is 32.1. The van der Waals surface area contributed by atoms with Crippen LogP contribution in [0.25, 0.3) is 0 Å². The Morgan fingerprint density at radius 3 is 2.81 bits per heavy atom. The van der Waals surface area contributed by atoms with Crippen molar-refractivity contribution in [2.75, 3.05) is 11.9 Å². The molecule has 0 saturated heterocycles. The molecule has 88 valence electrons. The maximum atomic E-state index is 10.8. The minimum Gasteiger partial charge on any atom is -0.477 e. The second-order valence-electron chi connectivity index (χ2n) is 4.27. The van der Waals surface area contributed by atoms with Gasteiger partial charge in [-0.1, -0.05) is 24.2 Å². The van der Waals surface area contributed by atoms with E-state index in [4.69, 9.17) is 5.11 Å². The van der Waals surface area contributed by atoms with E-state index in [-0.39, 0.29) is 0 Å². The molecule has 0 amide bonds. The molecule has 1 saturated carbocycles. The molecular formula is C11H16N2O2S. The first-order chi connectivity index (χ1) is 7.66. The van der Waals surface area contributed by atoms with Crippen LogP contribution in [-0.4, -0.2) is 22.6 Å². The maximum Gasteiger partial charge on any atom is 0.347 e. The number of anilines is 1. The standard InChI is InChI=1S/C11H16N2O2S/c1-7-9(10(14)15)16-11(13-7)12-6-8-4-2-3-5-8/h8H,2-6H2,1H3,(H,12,13)(H,14,15). The number of nitrogens with one attached hydrogen (secondary N) is 1. The molecule has 16 heavy (non-hydrogen) atoms. The molecule has 1 heterocycles. The van der Waals surface area contributed by atoms with E-state index in [1.165, 1.54) is 37.0 Å². The SMILES string of the molecule is Cc1nc(NCC2CCCC2)sc1C(=O)O. The fourth-order valence-corrected chi connectivity index (χ4v) is 2.93. The second kappa shape index (κ2) is 4.82. The lowest BCUT2D eigenvalue weighted by Gasteiger charge is -2.08. The number of aromatic carboxylic acids is 1. The van der Waals surface area contributed by atoms with Gasteiger partial charge in [-0.2, -0.15) is 0 Å². The summed E-state index contributed by atoms with van der Waals surface area (Å²) in [6, 6.07) is 0. The van der Waals surface area contributed by atoms with E-state index in [1.54, 1.807) is 6.92 Å². The van der Waals surface area contributed by atoms with E-state index in [0.29, 0.717) is 10.6 Å². The number of carboxylic acid groups (broad SMARTS) is 1. The Kier molecular flexibility index (Phi) is 3.43. The normalized spacial score (nSPS) is 16.6. The number of rotatable bonds is 4. The van der Waals surface area contributed by atoms with Gasteiger partial charge in [-0.05, 0) is 25.7 Å². The van der Waals surface area contributed by atoms with Crippen molar-refractivity contribution in [2.24, 2.45) is 5.92 Å². The molecule has 0 aromatic carbocycles. The van der Waals surface area contributed by atoms with Crippen molar-refractivity contribution in [2.45, 2.75) is 32.6 Å². The van der Waals surface area contributed by atoms with Gasteiger partial charge in [0.25, 0.3) is 0 Å². The fourth-order valence-electron chi connectivity index (χ4n) is 2.12. The molecule has 2 rings (SSSR count). The Morgan fingerprint density at radius 1 is 1.56 bits per heavy atom. The lowest BCUT2D eigenvalue weighted by molar-refractivity contribution is 0.0701. The van der Waals surface area contributed by atoms with E-state index in [9.17, 15) is 4.79 Å². The van der Waals surface area contributed by atoms with Crippen molar-refractivity contribution in [3.63, 3.8) is 0 Å². The third kappa shape index (κ3) is 2.52. The average Bonchev–Trinajstić information content (AvgIpc) is 2.83. The van der Waals surface area contributed by atoms with Crippen LogP contribution < -0.4 is 5.32 Å². The van der Waals surface area contributed by atoms with E-state index >= 15 is 0 Å². The topological polar surface area (TPSA) is 62.2 Å². The lowest BCUT2D eigenvalue weighted by atomic mass is 10.1. The van der Waals surface area contributed by atoms with Crippen LogP contribution in [0, 0.1) is 12.8 Å². The molecule has 1 aliphatic carbocycles. The maximum absolute atomic E-state index is 10.8. The van der Waals surface area contributed by atoms with Gasteiger partial charge in [-0.15, -0.1) is 0 Å². The van der Waals surface area contributed by atoms with Crippen LogP contribution in [0.5, 0.6) is 0 Å². The molecule has 1 fully saturated rings. The van der Waals surface area contributed by atoms with Crippen molar-refractivity contribution < 1.29 is 9.90 Å². The van der Waals surface area contributed by atoms with Gasteiger partial charge in [-0.25, -0.2) is 9.78 Å². The Morgan fingerprint density at radius 2 is 2.25 bits per heavy atom. The second-order valence-corrected chi connectivity index (χ2v) is 5.27. The molecule has 2 N–H and O–H groups in total. The largest absolute Gasteiger partial charge is 0.477 e. The molecule has 4 nitrogen and oxygen atoms in total. The Balaban J connectivity index is 1.94. The highest BCUT2D eigenvalue weighted by Gasteiger charge is 2.17. The number of aromatic nitrogens is 1. The zero-order valence-electron chi connectivity index (χ0n) is 9.32. The summed E-state index contributed by atoms with van der Waals surface area (Å²) >= 11 is 1.23. The van der Waals surface area contributed by atoms with Gasteiger partial charge in [0.2, 0.25) is 0 Å². The van der Waals surface area contributed by atoms with Crippen LogP contribution in [0.3, 0.4) is 0 Å². The fraction of sp³-hybridized carbons (Fsp3) is 0.636. The predicted octanol–water partition coefficient (Wildman–Crippen LogP) is 2.75. The van der Waals surface area contributed by atoms with Gasteiger partial charge >= 0.3 is 5.97 Å². The zero-order valence-corrected chi connectivity index (χ0v) is 10.1.